The van der Waals surface area contributed by atoms with Gasteiger partial charge < -0.3 is 5.32 Å². The van der Waals surface area contributed by atoms with Gasteiger partial charge in [0, 0.05) is 9.50 Å². The van der Waals surface area contributed by atoms with Crippen molar-refractivity contribution in [1.82, 2.24) is 5.32 Å². The molecule has 2 aromatic carbocycles. The van der Waals surface area contributed by atoms with E-state index < -0.39 is 0 Å². The Morgan fingerprint density at radius 3 is 2.48 bits per heavy atom. The molecule has 0 spiro atoms. The first kappa shape index (κ1) is 16.5. The Bertz CT molecular complexity index is 652. The van der Waals surface area contributed by atoms with Gasteiger partial charge in [-0.05, 0) is 67.3 Å². The lowest BCUT2D eigenvalue weighted by molar-refractivity contribution is 0.624. The van der Waals surface area contributed by atoms with Crippen LogP contribution in [0.4, 0.5) is 0 Å². The smallest absolute Gasteiger partial charge is 0.0582 e. The molecule has 1 nitrogen and oxygen atoms in total. The predicted molar refractivity (Wildman–Crippen MR) is 95.3 cm³/mol. The molecule has 0 aliphatic carbocycles. The largest absolute Gasteiger partial charge is 0.307 e. The van der Waals surface area contributed by atoms with E-state index >= 15 is 0 Å². The van der Waals surface area contributed by atoms with Crippen molar-refractivity contribution in [3.05, 3.63) is 67.6 Å². The Hall–Kier alpha value is -0.830. The van der Waals surface area contributed by atoms with E-state index in [-0.39, 0.29) is 6.04 Å². The van der Waals surface area contributed by atoms with Crippen LogP contribution in [0.3, 0.4) is 0 Å². The second-order valence-electron chi connectivity index (χ2n) is 5.40. The van der Waals surface area contributed by atoms with Gasteiger partial charge in [0.05, 0.1) is 6.04 Å². The van der Waals surface area contributed by atoms with Crippen LogP contribution < -0.4 is 5.32 Å². The third-order valence-corrected chi connectivity index (χ3v) is 5.15. The summed E-state index contributed by atoms with van der Waals surface area (Å²) in [5, 5.41) is 4.42. The molecule has 2 rings (SSSR count). The Balaban J connectivity index is 2.59. The highest BCUT2D eigenvalue weighted by Crippen LogP contribution is 2.32. The fourth-order valence-electron chi connectivity index (χ4n) is 2.64. The van der Waals surface area contributed by atoms with Crippen molar-refractivity contribution in [1.29, 1.82) is 0 Å². The van der Waals surface area contributed by atoms with E-state index in [0.29, 0.717) is 0 Å². The van der Waals surface area contributed by atoms with E-state index in [0.717, 1.165) is 21.6 Å². The van der Waals surface area contributed by atoms with Gasteiger partial charge in [-0.25, -0.2) is 0 Å². The fourth-order valence-corrected chi connectivity index (χ4v) is 3.28. The molecular weight excluding hydrogens is 346 g/mol. The van der Waals surface area contributed by atoms with Crippen LogP contribution in [0.5, 0.6) is 0 Å². The molecule has 0 aromatic heterocycles. The minimum absolute atomic E-state index is 0.167. The molecule has 0 heterocycles. The summed E-state index contributed by atoms with van der Waals surface area (Å²) in [6, 6.07) is 10.7. The number of nitrogens with one attached hydrogen (secondary N) is 1. The molecule has 2 aromatic rings. The molecule has 0 amide bonds. The molecule has 1 atom stereocenters. The maximum absolute atomic E-state index is 6.31. The van der Waals surface area contributed by atoms with Gasteiger partial charge >= 0.3 is 0 Å². The number of aryl methyl sites for hydroxylation is 2. The van der Waals surface area contributed by atoms with Gasteiger partial charge in [-0.2, -0.15) is 0 Å². The molecule has 3 heteroatoms. The lowest BCUT2D eigenvalue weighted by atomic mass is 9.91. The average Bonchev–Trinajstić information content (AvgIpc) is 2.44. The molecule has 0 saturated carbocycles. The Labute approximate surface area is 140 Å². The zero-order valence-electron chi connectivity index (χ0n) is 12.9. The zero-order valence-corrected chi connectivity index (χ0v) is 15.3. The topological polar surface area (TPSA) is 12.0 Å². The van der Waals surface area contributed by atoms with E-state index in [9.17, 15) is 0 Å². The minimum atomic E-state index is 0.167. The maximum Gasteiger partial charge on any atom is 0.0582 e. The number of rotatable bonds is 4. The molecule has 0 bridgehead atoms. The first-order chi connectivity index (χ1) is 9.95. The normalized spacial score (nSPS) is 12.5. The molecule has 1 unspecified atom stereocenters. The third-order valence-electron chi connectivity index (χ3n) is 3.89. The molecular formula is C18H21BrClN. The van der Waals surface area contributed by atoms with Crippen molar-refractivity contribution >= 4 is 27.5 Å². The number of hydrogen-bond donors (Lipinski definition) is 1. The fraction of sp³-hybridized carbons (Fsp3) is 0.333. The van der Waals surface area contributed by atoms with Crippen molar-refractivity contribution in [3.8, 4) is 0 Å². The van der Waals surface area contributed by atoms with Gasteiger partial charge in [0.25, 0.3) is 0 Å². The van der Waals surface area contributed by atoms with Gasteiger partial charge in [0.2, 0.25) is 0 Å². The van der Waals surface area contributed by atoms with Crippen molar-refractivity contribution in [2.75, 3.05) is 6.54 Å². The summed E-state index contributed by atoms with van der Waals surface area (Å²) >= 11 is 9.92. The number of benzene rings is 2. The quantitative estimate of drug-likeness (QED) is 0.729. The van der Waals surface area contributed by atoms with Crippen molar-refractivity contribution in [2.45, 2.75) is 33.7 Å². The number of hydrogen-bond acceptors (Lipinski definition) is 1. The highest BCUT2D eigenvalue weighted by atomic mass is 79.9. The lowest BCUT2D eigenvalue weighted by Crippen LogP contribution is -2.23. The second-order valence-corrected chi connectivity index (χ2v) is 6.66. The van der Waals surface area contributed by atoms with Gasteiger partial charge in [-0.1, -0.05) is 52.7 Å². The number of halogens is 2. The van der Waals surface area contributed by atoms with E-state index in [1.54, 1.807) is 0 Å². The standard InChI is InChI=1S/C18H21BrClN/c1-5-21-18(14-7-6-8-17(20)13(14)4)15-9-12(3)16(19)10-11(15)2/h6-10,18,21H,5H2,1-4H3. The SMILES string of the molecule is CCNC(c1cc(C)c(Br)cc1C)c1cccc(Cl)c1C. The molecule has 1 N–H and O–H groups in total. The van der Waals surface area contributed by atoms with Crippen LogP contribution in [0.1, 0.15) is 40.8 Å². The Kier molecular flexibility index (Phi) is 5.48. The summed E-state index contributed by atoms with van der Waals surface area (Å²) in [4.78, 5) is 0. The summed E-state index contributed by atoms with van der Waals surface area (Å²) in [6.07, 6.45) is 0. The van der Waals surface area contributed by atoms with Crippen molar-refractivity contribution in [2.24, 2.45) is 0 Å². The third kappa shape index (κ3) is 3.50. The first-order valence-corrected chi connectivity index (χ1v) is 8.37. The Morgan fingerprint density at radius 2 is 1.81 bits per heavy atom. The molecule has 0 fully saturated rings. The Morgan fingerprint density at radius 1 is 1.10 bits per heavy atom. The highest BCUT2D eigenvalue weighted by molar-refractivity contribution is 9.10. The van der Waals surface area contributed by atoms with Gasteiger partial charge in [-0.15, -0.1) is 0 Å². The molecule has 0 radical (unpaired) electrons. The highest BCUT2D eigenvalue weighted by Gasteiger charge is 2.19. The molecule has 21 heavy (non-hydrogen) atoms. The predicted octanol–water partition coefficient (Wildman–Crippen LogP) is 5.73. The molecule has 0 saturated heterocycles. The van der Waals surface area contributed by atoms with Crippen molar-refractivity contribution in [3.63, 3.8) is 0 Å². The van der Waals surface area contributed by atoms with Gasteiger partial charge in [0.15, 0.2) is 0 Å². The zero-order chi connectivity index (χ0) is 15.6. The summed E-state index contributed by atoms with van der Waals surface area (Å²) in [5.74, 6) is 0. The summed E-state index contributed by atoms with van der Waals surface area (Å²) in [5.41, 5.74) is 6.22. The summed E-state index contributed by atoms with van der Waals surface area (Å²) in [7, 11) is 0. The maximum atomic E-state index is 6.31. The van der Waals surface area contributed by atoms with Crippen LogP contribution in [0.15, 0.2) is 34.8 Å². The molecule has 112 valence electrons. The van der Waals surface area contributed by atoms with Crippen LogP contribution in [0.2, 0.25) is 5.02 Å². The van der Waals surface area contributed by atoms with Crippen LogP contribution in [0.25, 0.3) is 0 Å². The van der Waals surface area contributed by atoms with Crippen LogP contribution in [-0.2, 0) is 0 Å². The average molecular weight is 367 g/mol. The van der Waals surface area contributed by atoms with Crippen LogP contribution >= 0.6 is 27.5 Å². The van der Waals surface area contributed by atoms with E-state index in [2.05, 4.69) is 67.1 Å². The van der Waals surface area contributed by atoms with E-state index in [1.807, 2.05) is 12.1 Å². The van der Waals surface area contributed by atoms with Gasteiger partial charge in [-0.3, -0.25) is 0 Å². The first-order valence-electron chi connectivity index (χ1n) is 7.20. The lowest BCUT2D eigenvalue weighted by Gasteiger charge is -2.24. The summed E-state index contributed by atoms with van der Waals surface area (Å²) in [6.45, 7) is 9.41. The molecule has 0 aliphatic heterocycles. The molecule has 0 aliphatic rings. The van der Waals surface area contributed by atoms with Crippen molar-refractivity contribution < 1.29 is 0 Å². The van der Waals surface area contributed by atoms with Gasteiger partial charge in [0.1, 0.15) is 0 Å². The minimum Gasteiger partial charge on any atom is -0.307 e. The van der Waals surface area contributed by atoms with E-state index in [1.165, 1.54) is 22.3 Å². The summed E-state index contributed by atoms with van der Waals surface area (Å²) < 4.78 is 1.15. The monoisotopic (exact) mass is 365 g/mol. The second kappa shape index (κ2) is 6.95. The van der Waals surface area contributed by atoms with Crippen LogP contribution in [-0.4, -0.2) is 6.54 Å². The van der Waals surface area contributed by atoms with E-state index in [4.69, 9.17) is 11.6 Å². The van der Waals surface area contributed by atoms with Crippen LogP contribution in [0, 0.1) is 20.8 Å².